The summed E-state index contributed by atoms with van der Waals surface area (Å²) in [7, 11) is -4.36. The SMILES string of the molecule is C=C(Oc1nc([C@H](Cc2ccc(NS(=O)(=O)O)cc2)NC(=O)OC(C)(C)C)cs1)C(C)(C)C. The average Bonchev–Trinajstić information content (AvgIpc) is 3.07. The van der Waals surface area contributed by atoms with Crippen LogP contribution in [0.15, 0.2) is 42.0 Å². The summed E-state index contributed by atoms with van der Waals surface area (Å²) in [4.78, 5) is 17.0. The van der Waals surface area contributed by atoms with Crippen LogP contribution in [0.5, 0.6) is 5.19 Å². The molecule has 0 aliphatic heterocycles. The molecule has 1 aromatic carbocycles. The maximum absolute atomic E-state index is 12.5. The molecule has 182 valence electrons. The molecule has 0 bridgehead atoms. The molecule has 1 amide bonds. The first-order valence-electron chi connectivity index (χ1n) is 10.2. The fourth-order valence-corrected chi connectivity index (χ4v) is 3.69. The van der Waals surface area contributed by atoms with E-state index in [-0.39, 0.29) is 11.1 Å². The largest absolute Gasteiger partial charge is 0.444 e. The monoisotopic (exact) mass is 497 g/mol. The number of nitrogens with one attached hydrogen (secondary N) is 2. The third-order valence-corrected chi connectivity index (χ3v) is 5.47. The number of carbonyl (C=O) groups excluding carboxylic acids is 1. The fourth-order valence-electron chi connectivity index (χ4n) is 2.51. The van der Waals surface area contributed by atoms with Gasteiger partial charge in [-0.2, -0.15) is 8.42 Å². The summed E-state index contributed by atoms with van der Waals surface area (Å²) < 4.78 is 44.0. The van der Waals surface area contributed by atoms with Gasteiger partial charge in [-0.25, -0.2) is 9.78 Å². The number of amides is 1. The van der Waals surface area contributed by atoms with Gasteiger partial charge >= 0.3 is 16.4 Å². The van der Waals surface area contributed by atoms with Crippen molar-refractivity contribution in [2.24, 2.45) is 5.41 Å². The third kappa shape index (κ3) is 9.40. The van der Waals surface area contributed by atoms with Crippen LogP contribution in [0.1, 0.15) is 58.8 Å². The molecule has 11 heteroatoms. The second-order valence-electron chi connectivity index (χ2n) is 9.49. The Balaban J connectivity index is 2.24. The average molecular weight is 498 g/mol. The lowest BCUT2D eigenvalue weighted by molar-refractivity contribution is 0.0502. The molecule has 0 radical (unpaired) electrons. The third-order valence-electron chi connectivity index (χ3n) is 4.24. The fraction of sp³-hybridized carbons (Fsp3) is 0.455. The molecule has 0 saturated heterocycles. The van der Waals surface area contributed by atoms with E-state index < -0.39 is 28.0 Å². The maximum atomic E-state index is 12.5. The van der Waals surface area contributed by atoms with Gasteiger partial charge in [-0.05, 0) is 44.9 Å². The minimum Gasteiger partial charge on any atom is -0.444 e. The van der Waals surface area contributed by atoms with Crippen LogP contribution < -0.4 is 14.8 Å². The van der Waals surface area contributed by atoms with Crippen molar-refractivity contribution in [2.45, 2.75) is 59.6 Å². The number of nitrogens with zero attached hydrogens (tertiary/aromatic N) is 1. The first kappa shape index (κ1) is 26.6. The van der Waals surface area contributed by atoms with E-state index in [1.165, 1.54) is 23.5 Å². The molecule has 1 aromatic heterocycles. The first-order chi connectivity index (χ1) is 15.0. The van der Waals surface area contributed by atoms with Crippen molar-refractivity contribution >= 4 is 33.4 Å². The number of benzene rings is 1. The Labute approximate surface area is 199 Å². The van der Waals surface area contributed by atoms with E-state index in [9.17, 15) is 13.2 Å². The summed E-state index contributed by atoms with van der Waals surface area (Å²) in [6, 6.07) is 5.86. The van der Waals surface area contributed by atoms with Gasteiger partial charge in [-0.3, -0.25) is 9.27 Å². The molecule has 0 aliphatic rings. The molecule has 1 heterocycles. The number of ether oxygens (including phenoxy) is 2. The Morgan fingerprint density at radius 3 is 2.30 bits per heavy atom. The highest BCUT2D eigenvalue weighted by molar-refractivity contribution is 7.87. The molecule has 33 heavy (non-hydrogen) atoms. The van der Waals surface area contributed by atoms with Crippen molar-refractivity contribution in [3.63, 3.8) is 0 Å². The Morgan fingerprint density at radius 2 is 1.79 bits per heavy atom. The summed E-state index contributed by atoms with van der Waals surface area (Å²) in [5, 5.41) is 5.05. The van der Waals surface area contributed by atoms with E-state index in [0.29, 0.717) is 23.1 Å². The van der Waals surface area contributed by atoms with E-state index in [1.807, 2.05) is 25.5 Å². The predicted octanol–water partition coefficient (Wildman–Crippen LogP) is 5.10. The lowest BCUT2D eigenvalue weighted by Gasteiger charge is -2.23. The normalized spacial score (nSPS) is 13.2. The minimum absolute atomic E-state index is 0.211. The lowest BCUT2D eigenvalue weighted by atomic mass is 9.95. The van der Waals surface area contributed by atoms with Gasteiger partial charge in [0.25, 0.3) is 5.19 Å². The second kappa shape index (κ2) is 10.1. The molecular formula is C22H31N3O6S2. The Morgan fingerprint density at radius 1 is 1.18 bits per heavy atom. The molecule has 2 aromatic rings. The summed E-state index contributed by atoms with van der Waals surface area (Å²) in [5.74, 6) is 0.571. The molecule has 0 saturated carbocycles. The molecule has 3 N–H and O–H groups in total. The predicted molar refractivity (Wildman–Crippen MR) is 129 cm³/mol. The van der Waals surface area contributed by atoms with Crippen molar-refractivity contribution < 1.29 is 27.2 Å². The molecule has 0 fully saturated rings. The van der Waals surface area contributed by atoms with Crippen LogP contribution in [0.2, 0.25) is 0 Å². The van der Waals surface area contributed by atoms with E-state index in [0.717, 1.165) is 5.56 Å². The van der Waals surface area contributed by atoms with Crippen LogP contribution in [0.25, 0.3) is 0 Å². The van der Waals surface area contributed by atoms with E-state index in [2.05, 4.69) is 16.9 Å². The number of anilines is 1. The number of carbonyl (C=O) groups is 1. The van der Waals surface area contributed by atoms with Gasteiger partial charge in [0.1, 0.15) is 11.4 Å². The number of alkyl carbamates (subject to hydrolysis) is 1. The smallest absolute Gasteiger partial charge is 0.408 e. The van der Waals surface area contributed by atoms with Gasteiger partial charge in [-0.1, -0.05) is 50.8 Å². The van der Waals surface area contributed by atoms with Gasteiger partial charge in [0.2, 0.25) is 0 Å². The van der Waals surface area contributed by atoms with Crippen LogP contribution in [-0.2, 0) is 21.5 Å². The van der Waals surface area contributed by atoms with E-state index in [4.69, 9.17) is 14.0 Å². The van der Waals surface area contributed by atoms with Crippen molar-refractivity contribution in [3.8, 4) is 5.19 Å². The second-order valence-corrected chi connectivity index (χ2v) is 11.5. The number of aromatic nitrogens is 1. The van der Waals surface area contributed by atoms with Crippen LogP contribution in [0.4, 0.5) is 10.5 Å². The molecule has 0 aliphatic carbocycles. The highest BCUT2D eigenvalue weighted by Gasteiger charge is 2.24. The van der Waals surface area contributed by atoms with Crippen LogP contribution >= 0.6 is 11.3 Å². The molecule has 0 unspecified atom stereocenters. The summed E-state index contributed by atoms with van der Waals surface area (Å²) >= 11 is 1.29. The molecule has 0 spiro atoms. The number of hydrogen-bond acceptors (Lipinski definition) is 7. The molecular weight excluding hydrogens is 466 g/mol. The Hall–Kier alpha value is -2.63. The van der Waals surface area contributed by atoms with Gasteiger partial charge in [0, 0.05) is 10.8 Å². The van der Waals surface area contributed by atoms with Crippen LogP contribution in [0.3, 0.4) is 0 Å². The summed E-state index contributed by atoms with van der Waals surface area (Å²) in [5.41, 5.74) is 0.674. The molecule has 1 atom stereocenters. The van der Waals surface area contributed by atoms with Crippen molar-refractivity contribution in [1.82, 2.24) is 10.3 Å². The van der Waals surface area contributed by atoms with Crippen molar-refractivity contribution in [2.75, 3.05) is 4.72 Å². The number of hydrogen-bond donors (Lipinski definition) is 3. The molecule has 2 rings (SSSR count). The van der Waals surface area contributed by atoms with Gasteiger partial charge in [0.05, 0.1) is 17.4 Å². The summed E-state index contributed by atoms with van der Waals surface area (Å²) in [6.45, 7) is 15.2. The van der Waals surface area contributed by atoms with Gasteiger partial charge in [-0.15, -0.1) is 0 Å². The van der Waals surface area contributed by atoms with Crippen LogP contribution in [-0.4, -0.2) is 29.6 Å². The zero-order valence-corrected chi connectivity index (χ0v) is 21.3. The van der Waals surface area contributed by atoms with E-state index >= 15 is 0 Å². The number of thiazole rings is 1. The van der Waals surface area contributed by atoms with E-state index in [1.54, 1.807) is 38.3 Å². The molecule has 9 nitrogen and oxygen atoms in total. The summed E-state index contributed by atoms with van der Waals surface area (Å²) in [6.07, 6.45) is -0.235. The lowest BCUT2D eigenvalue weighted by Crippen LogP contribution is -2.36. The Bertz CT molecular complexity index is 1080. The van der Waals surface area contributed by atoms with Crippen molar-refractivity contribution in [3.05, 3.63) is 53.2 Å². The highest BCUT2D eigenvalue weighted by atomic mass is 32.2. The zero-order chi connectivity index (χ0) is 25.0. The van der Waals surface area contributed by atoms with Gasteiger partial charge in [0.15, 0.2) is 0 Å². The zero-order valence-electron chi connectivity index (χ0n) is 19.6. The topological polar surface area (TPSA) is 127 Å². The maximum Gasteiger partial charge on any atom is 0.408 e. The number of allylic oxidation sites excluding steroid dienone is 1. The Kier molecular flexibility index (Phi) is 8.15. The highest BCUT2D eigenvalue weighted by Crippen LogP contribution is 2.31. The van der Waals surface area contributed by atoms with Crippen molar-refractivity contribution in [1.29, 1.82) is 0 Å². The first-order valence-corrected chi connectivity index (χ1v) is 12.5. The van der Waals surface area contributed by atoms with Crippen LogP contribution in [0, 0.1) is 5.41 Å². The number of rotatable bonds is 8. The quantitative estimate of drug-likeness (QED) is 0.342. The minimum atomic E-state index is -4.36. The van der Waals surface area contributed by atoms with Gasteiger partial charge < -0.3 is 14.8 Å². The standard InChI is InChI=1S/C22H31N3O6S2/c1-14(21(2,3)4)30-20-24-18(13-32-20)17(23-19(26)31-22(5,6)7)12-15-8-10-16(11-9-15)25-33(27,28)29/h8-11,13,17,25H,1,12H2,2-7H3,(H,23,26)(H,27,28,29)/t17-/m0/s1.